The van der Waals surface area contributed by atoms with Gasteiger partial charge in [-0.25, -0.2) is 9.37 Å². The van der Waals surface area contributed by atoms with Crippen molar-refractivity contribution in [1.29, 1.82) is 0 Å². The molecule has 1 amide bonds. The zero-order valence-corrected chi connectivity index (χ0v) is 14.1. The van der Waals surface area contributed by atoms with Crippen LogP contribution in [0.1, 0.15) is 38.0 Å². The fraction of sp³-hybridized carbons (Fsp3) is 0.474. The first-order chi connectivity index (χ1) is 12.2. The summed E-state index contributed by atoms with van der Waals surface area (Å²) in [6, 6.07) is 6.39. The Labute approximate surface area is 146 Å². The molecule has 1 aromatic carbocycles. The number of hydrogen-bond donors (Lipinski definition) is 2. The first kappa shape index (κ1) is 17.6. The molecule has 0 saturated heterocycles. The number of aryl methyl sites for hydroxylation is 1. The lowest BCUT2D eigenvalue weighted by atomic mass is 9.85. The predicted molar refractivity (Wildman–Crippen MR) is 91.2 cm³/mol. The standard InChI is InChI=1S/C19H23FN2O3/c20-15-7-3-2-6-14(15)17-11-21-19(25-17)10-9-18(24)22-16-8-4-1-5-13(16)12-23/h2-3,6-7,11,13,16,23H,1,4-5,8-10,12H2,(H,22,24)/t13-,16+/m0/s1. The molecule has 3 rings (SSSR count). The quantitative estimate of drug-likeness (QED) is 0.843. The molecule has 1 heterocycles. The van der Waals surface area contributed by atoms with Gasteiger partial charge in [-0.2, -0.15) is 0 Å². The molecular weight excluding hydrogens is 323 g/mol. The van der Waals surface area contributed by atoms with Gasteiger partial charge in [0.2, 0.25) is 5.91 Å². The van der Waals surface area contributed by atoms with E-state index in [9.17, 15) is 14.3 Å². The third kappa shape index (κ3) is 4.45. The van der Waals surface area contributed by atoms with Crippen LogP contribution in [0.4, 0.5) is 4.39 Å². The van der Waals surface area contributed by atoms with E-state index in [-0.39, 0.29) is 36.7 Å². The third-order valence-electron chi connectivity index (χ3n) is 4.75. The SMILES string of the molecule is O=C(CCc1ncc(-c2ccccc2F)o1)N[C@@H]1CCCC[C@H]1CO. The highest BCUT2D eigenvalue weighted by molar-refractivity contribution is 5.76. The predicted octanol–water partition coefficient (Wildman–Crippen LogP) is 3.08. The molecule has 6 heteroatoms. The molecule has 0 unspecified atom stereocenters. The monoisotopic (exact) mass is 346 g/mol. The van der Waals surface area contributed by atoms with Crippen LogP contribution in [0, 0.1) is 11.7 Å². The summed E-state index contributed by atoms with van der Waals surface area (Å²) in [4.78, 5) is 16.3. The van der Waals surface area contributed by atoms with Crippen molar-refractivity contribution < 1.29 is 18.7 Å². The number of halogens is 1. The average molecular weight is 346 g/mol. The molecule has 0 bridgehead atoms. The molecule has 134 valence electrons. The van der Waals surface area contributed by atoms with Crippen LogP contribution in [0.5, 0.6) is 0 Å². The zero-order chi connectivity index (χ0) is 17.6. The Morgan fingerprint density at radius 3 is 2.92 bits per heavy atom. The maximum Gasteiger partial charge on any atom is 0.220 e. The Balaban J connectivity index is 1.53. The van der Waals surface area contributed by atoms with Gasteiger partial charge in [-0.1, -0.05) is 25.0 Å². The second kappa shape index (κ2) is 8.25. The maximum atomic E-state index is 13.8. The van der Waals surface area contributed by atoms with Gasteiger partial charge in [-0.3, -0.25) is 4.79 Å². The number of carbonyl (C=O) groups excluding carboxylic acids is 1. The van der Waals surface area contributed by atoms with Crippen LogP contribution in [0.25, 0.3) is 11.3 Å². The van der Waals surface area contributed by atoms with Crippen molar-refractivity contribution in [1.82, 2.24) is 10.3 Å². The van der Waals surface area contributed by atoms with Crippen molar-refractivity contribution in [2.24, 2.45) is 5.92 Å². The van der Waals surface area contributed by atoms with Gasteiger partial charge >= 0.3 is 0 Å². The molecule has 1 saturated carbocycles. The van der Waals surface area contributed by atoms with E-state index in [0.717, 1.165) is 25.7 Å². The van der Waals surface area contributed by atoms with Gasteiger partial charge in [0.1, 0.15) is 5.82 Å². The van der Waals surface area contributed by atoms with Crippen LogP contribution >= 0.6 is 0 Å². The number of hydrogen-bond acceptors (Lipinski definition) is 4. The molecule has 2 N–H and O–H groups in total. The summed E-state index contributed by atoms with van der Waals surface area (Å²) in [5, 5.41) is 12.4. The molecule has 2 aromatic rings. The molecule has 25 heavy (non-hydrogen) atoms. The number of aliphatic hydroxyl groups excluding tert-OH is 1. The minimum absolute atomic E-state index is 0.0461. The average Bonchev–Trinajstić information content (AvgIpc) is 3.09. The van der Waals surface area contributed by atoms with E-state index in [1.54, 1.807) is 18.2 Å². The Morgan fingerprint density at radius 2 is 2.12 bits per heavy atom. The van der Waals surface area contributed by atoms with E-state index >= 15 is 0 Å². The number of rotatable bonds is 6. The van der Waals surface area contributed by atoms with E-state index in [2.05, 4.69) is 10.3 Å². The van der Waals surface area contributed by atoms with E-state index in [1.807, 2.05) is 0 Å². The minimum Gasteiger partial charge on any atom is -0.441 e. The highest BCUT2D eigenvalue weighted by atomic mass is 19.1. The van der Waals surface area contributed by atoms with Gasteiger partial charge in [0.05, 0.1) is 11.8 Å². The van der Waals surface area contributed by atoms with Crippen LogP contribution in [0.2, 0.25) is 0 Å². The van der Waals surface area contributed by atoms with Crippen LogP contribution in [-0.2, 0) is 11.2 Å². The van der Waals surface area contributed by atoms with Crippen LogP contribution < -0.4 is 5.32 Å². The summed E-state index contributed by atoms with van der Waals surface area (Å²) in [6.07, 6.45) is 6.14. The Hall–Kier alpha value is -2.21. The number of oxazole rings is 1. The van der Waals surface area contributed by atoms with Crippen LogP contribution in [0.3, 0.4) is 0 Å². The first-order valence-electron chi connectivity index (χ1n) is 8.77. The second-order valence-electron chi connectivity index (χ2n) is 6.50. The third-order valence-corrected chi connectivity index (χ3v) is 4.75. The fourth-order valence-corrected chi connectivity index (χ4v) is 3.33. The number of nitrogens with one attached hydrogen (secondary N) is 1. The Bertz CT molecular complexity index is 716. The highest BCUT2D eigenvalue weighted by Gasteiger charge is 2.25. The highest BCUT2D eigenvalue weighted by Crippen LogP contribution is 2.25. The summed E-state index contributed by atoms with van der Waals surface area (Å²) in [5.41, 5.74) is 0.360. The molecule has 2 atom stereocenters. The van der Waals surface area contributed by atoms with Gasteiger partial charge in [-0.05, 0) is 25.0 Å². The van der Waals surface area contributed by atoms with Crippen molar-refractivity contribution in [2.75, 3.05) is 6.61 Å². The normalized spacial score (nSPS) is 20.4. The van der Waals surface area contributed by atoms with E-state index in [1.165, 1.54) is 12.3 Å². The number of aliphatic hydroxyl groups is 1. The molecule has 0 spiro atoms. The minimum atomic E-state index is -0.365. The van der Waals surface area contributed by atoms with E-state index in [0.29, 0.717) is 23.6 Å². The Morgan fingerprint density at radius 1 is 1.32 bits per heavy atom. The van der Waals surface area contributed by atoms with Gasteiger partial charge in [0, 0.05) is 31.4 Å². The Kier molecular flexibility index (Phi) is 5.81. The van der Waals surface area contributed by atoms with Crippen molar-refractivity contribution >= 4 is 5.91 Å². The lowest BCUT2D eigenvalue weighted by Crippen LogP contribution is -2.43. The lowest BCUT2D eigenvalue weighted by molar-refractivity contribution is -0.122. The number of nitrogens with zero attached hydrogens (tertiary/aromatic N) is 1. The molecule has 0 radical (unpaired) electrons. The molecule has 1 aromatic heterocycles. The zero-order valence-electron chi connectivity index (χ0n) is 14.1. The first-order valence-corrected chi connectivity index (χ1v) is 8.77. The van der Waals surface area contributed by atoms with Gasteiger partial charge < -0.3 is 14.8 Å². The largest absolute Gasteiger partial charge is 0.441 e. The number of carbonyl (C=O) groups is 1. The lowest BCUT2D eigenvalue weighted by Gasteiger charge is -2.30. The summed E-state index contributed by atoms with van der Waals surface area (Å²) in [7, 11) is 0. The van der Waals surface area contributed by atoms with E-state index < -0.39 is 0 Å². The van der Waals surface area contributed by atoms with Gasteiger partial charge in [-0.15, -0.1) is 0 Å². The number of amides is 1. The molecule has 1 aliphatic rings. The summed E-state index contributed by atoms with van der Waals surface area (Å²) in [6.45, 7) is 0.108. The van der Waals surface area contributed by atoms with E-state index in [4.69, 9.17) is 4.42 Å². The summed E-state index contributed by atoms with van der Waals surface area (Å²) >= 11 is 0. The molecule has 0 aliphatic heterocycles. The molecule has 1 fully saturated rings. The van der Waals surface area contributed by atoms with Crippen LogP contribution in [-0.4, -0.2) is 28.6 Å². The van der Waals surface area contributed by atoms with Crippen molar-refractivity contribution in [3.05, 3.63) is 42.2 Å². The molecule has 5 nitrogen and oxygen atoms in total. The van der Waals surface area contributed by atoms with Crippen molar-refractivity contribution in [2.45, 2.75) is 44.6 Å². The van der Waals surface area contributed by atoms with Crippen LogP contribution in [0.15, 0.2) is 34.9 Å². The molecular formula is C19H23FN2O3. The summed E-state index contributed by atoms with van der Waals surface area (Å²) in [5.74, 6) is 0.482. The fourth-order valence-electron chi connectivity index (χ4n) is 3.33. The van der Waals surface area contributed by atoms with Gasteiger partial charge in [0.15, 0.2) is 11.7 Å². The van der Waals surface area contributed by atoms with Crippen molar-refractivity contribution in [3.63, 3.8) is 0 Å². The second-order valence-corrected chi connectivity index (χ2v) is 6.50. The van der Waals surface area contributed by atoms with Gasteiger partial charge in [0.25, 0.3) is 0 Å². The topological polar surface area (TPSA) is 75.4 Å². The van der Waals surface area contributed by atoms with Crippen molar-refractivity contribution in [3.8, 4) is 11.3 Å². The smallest absolute Gasteiger partial charge is 0.220 e. The summed E-state index contributed by atoms with van der Waals surface area (Å²) < 4.78 is 19.3. The number of benzene rings is 1. The maximum absolute atomic E-state index is 13.8. The molecule has 1 aliphatic carbocycles. The number of aromatic nitrogens is 1.